The smallest absolute Gasteiger partial charge is 0.387 e. The molecule has 0 saturated carbocycles. The van der Waals surface area contributed by atoms with Crippen LogP contribution in [-0.4, -0.2) is 25.7 Å². The summed E-state index contributed by atoms with van der Waals surface area (Å²) in [6, 6.07) is 7.96. The van der Waals surface area contributed by atoms with E-state index >= 15 is 0 Å². The summed E-state index contributed by atoms with van der Waals surface area (Å²) < 4.78 is 10.8. The van der Waals surface area contributed by atoms with E-state index in [4.69, 9.17) is 16.0 Å². The zero-order valence-electron chi connectivity index (χ0n) is 21.1. The number of esters is 1. The highest BCUT2D eigenvalue weighted by atomic mass is 16.5. The van der Waals surface area contributed by atoms with Gasteiger partial charge in [-0.15, -0.1) is 0 Å². The lowest BCUT2D eigenvalue weighted by molar-refractivity contribution is -0.141. The molecule has 33 heavy (non-hydrogen) atoms. The van der Waals surface area contributed by atoms with Crippen LogP contribution in [0.1, 0.15) is 115 Å². The van der Waals surface area contributed by atoms with E-state index in [0.29, 0.717) is 13.0 Å². The zero-order valence-corrected chi connectivity index (χ0v) is 21.1. The van der Waals surface area contributed by atoms with Crippen LogP contribution >= 0.6 is 0 Å². The van der Waals surface area contributed by atoms with Crippen molar-refractivity contribution in [2.45, 2.75) is 116 Å². The lowest BCUT2D eigenvalue weighted by Crippen LogP contribution is -2.09. The monoisotopic (exact) mass is 457 g/mol. The van der Waals surface area contributed by atoms with Gasteiger partial charge in [0, 0.05) is 6.42 Å². The van der Waals surface area contributed by atoms with Crippen LogP contribution in [0.2, 0.25) is 0 Å². The van der Waals surface area contributed by atoms with E-state index in [2.05, 4.69) is 11.8 Å². The third-order valence-electron chi connectivity index (χ3n) is 6.05. The predicted molar refractivity (Wildman–Crippen MR) is 138 cm³/mol. The fourth-order valence-electron chi connectivity index (χ4n) is 3.99. The Balaban J connectivity index is 1.86. The minimum absolute atomic E-state index is 0.202. The van der Waals surface area contributed by atoms with Gasteiger partial charge in [-0.25, -0.2) is 11.4 Å². The standard InChI is InChI=1S/C29H47NO3/c1-3-4-5-6-7-8-9-10-11-12-13-14-15-16-17-18-24-32-28-21-19-27(20-22-28)23-25-33-29(31)26-30-2/h19-22H,3-18,23-26H2,1H3. The van der Waals surface area contributed by atoms with Crippen LogP contribution in [0, 0.1) is 6.57 Å². The normalized spacial score (nSPS) is 10.7. The van der Waals surface area contributed by atoms with Crippen molar-refractivity contribution in [3.8, 4) is 5.75 Å². The van der Waals surface area contributed by atoms with Gasteiger partial charge in [-0.05, 0) is 24.1 Å². The Labute approximate surface area is 203 Å². The molecule has 0 aromatic heterocycles. The minimum atomic E-state index is -0.455. The van der Waals surface area contributed by atoms with Gasteiger partial charge >= 0.3 is 12.5 Å². The van der Waals surface area contributed by atoms with Crippen molar-refractivity contribution in [3.63, 3.8) is 0 Å². The molecule has 0 N–H and O–H groups in total. The quantitative estimate of drug-likeness (QED) is 0.0998. The van der Waals surface area contributed by atoms with E-state index in [-0.39, 0.29) is 6.54 Å². The second-order valence-corrected chi connectivity index (χ2v) is 9.08. The van der Waals surface area contributed by atoms with Gasteiger partial charge in [0.1, 0.15) is 5.75 Å². The number of carbonyl (C=O) groups is 1. The van der Waals surface area contributed by atoms with Gasteiger partial charge in [-0.1, -0.05) is 115 Å². The van der Waals surface area contributed by atoms with E-state index in [1.54, 1.807) is 0 Å². The SMILES string of the molecule is [C-]#[N+]CC(=O)OCCc1ccc(OCCCCCCCCCCCCCCCCCC)cc1. The van der Waals surface area contributed by atoms with Crippen molar-refractivity contribution in [2.75, 3.05) is 19.8 Å². The number of hydrogen-bond acceptors (Lipinski definition) is 3. The molecule has 0 bridgehead atoms. The highest BCUT2D eigenvalue weighted by Gasteiger charge is 2.05. The van der Waals surface area contributed by atoms with E-state index in [1.807, 2.05) is 24.3 Å². The highest BCUT2D eigenvalue weighted by Crippen LogP contribution is 2.15. The van der Waals surface area contributed by atoms with Gasteiger partial charge in [0.25, 0.3) is 0 Å². The average Bonchev–Trinajstić information content (AvgIpc) is 2.82. The summed E-state index contributed by atoms with van der Waals surface area (Å²) in [4.78, 5) is 14.2. The highest BCUT2D eigenvalue weighted by molar-refractivity contribution is 5.73. The Bertz CT molecular complexity index is 621. The summed E-state index contributed by atoms with van der Waals surface area (Å²) in [6.07, 6.45) is 22.7. The molecule has 0 radical (unpaired) electrons. The average molecular weight is 458 g/mol. The molecule has 0 fully saturated rings. The van der Waals surface area contributed by atoms with Crippen molar-refractivity contribution >= 4 is 5.97 Å². The molecule has 0 saturated heterocycles. The van der Waals surface area contributed by atoms with Crippen molar-refractivity contribution in [1.82, 2.24) is 0 Å². The van der Waals surface area contributed by atoms with E-state index in [1.165, 1.54) is 96.3 Å². The molecule has 0 spiro atoms. The maximum Gasteiger partial charge on any atom is 0.387 e. The molecule has 1 aromatic rings. The first kappa shape index (κ1) is 29.0. The van der Waals surface area contributed by atoms with Crippen molar-refractivity contribution in [2.24, 2.45) is 0 Å². The molecule has 1 rings (SSSR count). The van der Waals surface area contributed by atoms with Gasteiger partial charge in [0.05, 0.1) is 13.2 Å². The van der Waals surface area contributed by atoms with Gasteiger partial charge in [-0.2, -0.15) is 0 Å². The molecule has 0 aliphatic carbocycles. The fourth-order valence-corrected chi connectivity index (χ4v) is 3.99. The molecule has 4 nitrogen and oxygen atoms in total. The molecule has 0 amide bonds. The molecule has 0 aliphatic rings. The van der Waals surface area contributed by atoms with E-state index < -0.39 is 5.97 Å². The summed E-state index contributed by atoms with van der Waals surface area (Å²) >= 11 is 0. The molecule has 0 unspecified atom stereocenters. The minimum Gasteiger partial charge on any atom is -0.494 e. The maximum atomic E-state index is 11.2. The second kappa shape index (κ2) is 21.8. The van der Waals surface area contributed by atoms with Crippen LogP contribution in [0.25, 0.3) is 4.85 Å². The molecule has 1 aromatic carbocycles. The largest absolute Gasteiger partial charge is 0.494 e. The van der Waals surface area contributed by atoms with Gasteiger partial charge in [0.2, 0.25) is 0 Å². The second-order valence-electron chi connectivity index (χ2n) is 9.08. The first-order valence-electron chi connectivity index (χ1n) is 13.5. The zero-order chi connectivity index (χ0) is 23.8. The van der Waals surface area contributed by atoms with Crippen LogP contribution < -0.4 is 4.74 Å². The lowest BCUT2D eigenvalue weighted by Gasteiger charge is -2.08. The lowest BCUT2D eigenvalue weighted by atomic mass is 10.0. The number of carbonyl (C=O) groups excluding carboxylic acids is 1. The molecule has 0 atom stereocenters. The van der Waals surface area contributed by atoms with Gasteiger partial charge in [-0.3, -0.25) is 0 Å². The summed E-state index contributed by atoms with van der Waals surface area (Å²) in [5, 5.41) is 0. The van der Waals surface area contributed by atoms with Crippen LogP contribution in [0.4, 0.5) is 0 Å². The summed E-state index contributed by atoms with van der Waals surface area (Å²) in [5.41, 5.74) is 1.10. The predicted octanol–water partition coefficient (Wildman–Crippen LogP) is 8.33. The fraction of sp³-hybridized carbons (Fsp3) is 0.724. The third kappa shape index (κ3) is 18.1. The molecular formula is C29H47NO3. The number of hydrogen-bond donors (Lipinski definition) is 0. The van der Waals surface area contributed by atoms with Gasteiger partial charge < -0.3 is 14.3 Å². The van der Waals surface area contributed by atoms with Crippen LogP contribution in [-0.2, 0) is 16.0 Å². The Hall–Kier alpha value is -2.02. The first-order valence-corrected chi connectivity index (χ1v) is 13.5. The van der Waals surface area contributed by atoms with Crippen LogP contribution in [0.3, 0.4) is 0 Å². The van der Waals surface area contributed by atoms with Crippen molar-refractivity contribution in [3.05, 3.63) is 41.2 Å². The van der Waals surface area contributed by atoms with Crippen LogP contribution in [0.15, 0.2) is 24.3 Å². The molecule has 0 heterocycles. The Morgan fingerprint density at radius 2 is 1.21 bits per heavy atom. The van der Waals surface area contributed by atoms with Crippen LogP contribution in [0.5, 0.6) is 5.75 Å². The number of ether oxygens (including phenoxy) is 2. The maximum absolute atomic E-state index is 11.2. The Kier molecular flexibility index (Phi) is 19.2. The van der Waals surface area contributed by atoms with E-state index in [9.17, 15) is 4.79 Å². The topological polar surface area (TPSA) is 39.9 Å². The number of nitrogens with zero attached hydrogens (tertiary/aromatic N) is 1. The summed E-state index contributed by atoms with van der Waals surface area (Å²) in [6.45, 7) is 9.80. The Morgan fingerprint density at radius 1 is 0.727 bits per heavy atom. The van der Waals surface area contributed by atoms with E-state index in [0.717, 1.165) is 24.3 Å². The number of benzene rings is 1. The van der Waals surface area contributed by atoms with Crippen molar-refractivity contribution in [1.29, 1.82) is 0 Å². The molecule has 4 heteroatoms. The first-order chi connectivity index (χ1) is 16.3. The number of unbranched alkanes of at least 4 members (excludes halogenated alkanes) is 15. The molecular weight excluding hydrogens is 410 g/mol. The number of rotatable bonds is 22. The third-order valence-corrected chi connectivity index (χ3v) is 6.05. The Morgan fingerprint density at radius 3 is 1.70 bits per heavy atom. The van der Waals surface area contributed by atoms with Gasteiger partial charge in [0.15, 0.2) is 0 Å². The van der Waals surface area contributed by atoms with Crippen molar-refractivity contribution < 1.29 is 14.3 Å². The molecule has 186 valence electrons. The molecule has 0 aliphatic heterocycles. The summed E-state index contributed by atoms with van der Waals surface area (Å²) in [5.74, 6) is 0.438. The summed E-state index contributed by atoms with van der Waals surface area (Å²) in [7, 11) is 0.